The van der Waals surface area contributed by atoms with E-state index in [0.29, 0.717) is 18.5 Å². The molecule has 1 amide bonds. The van der Waals surface area contributed by atoms with Crippen LogP contribution in [0.4, 0.5) is 0 Å². The fourth-order valence-electron chi connectivity index (χ4n) is 2.15. The minimum atomic E-state index is -3.55. The minimum Gasteiger partial charge on any atom is -0.351 e. The molecule has 26 heavy (non-hydrogen) atoms. The van der Waals surface area contributed by atoms with Crippen molar-refractivity contribution < 1.29 is 13.2 Å². The van der Waals surface area contributed by atoms with Gasteiger partial charge in [0.05, 0.1) is 4.90 Å². The fourth-order valence-corrected chi connectivity index (χ4v) is 4.27. The first kappa shape index (κ1) is 20.5. The van der Waals surface area contributed by atoms with Crippen molar-refractivity contribution in [2.75, 3.05) is 12.3 Å². The van der Waals surface area contributed by atoms with E-state index in [4.69, 9.17) is 0 Å². The lowest BCUT2D eigenvalue weighted by atomic mass is 10.2. The third-order valence-electron chi connectivity index (χ3n) is 3.80. The summed E-state index contributed by atoms with van der Waals surface area (Å²) in [5.74, 6) is 0.554. The summed E-state index contributed by atoms with van der Waals surface area (Å²) in [6.45, 7) is 4.26. The molecule has 0 fully saturated rings. The second-order valence-electron chi connectivity index (χ2n) is 5.87. The van der Waals surface area contributed by atoms with Crippen molar-refractivity contribution in [1.82, 2.24) is 10.0 Å². The van der Waals surface area contributed by atoms with Crippen LogP contribution in [0.5, 0.6) is 0 Å². The van der Waals surface area contributed by atoms with Crippen LogP contribution in [-0.2, 0) is 10.0 Å². The number of hydrogen-bond donors (Lipinski definition) is 2. The van der Waals surface area contributed by atoms with E-state index in [1.807, 2.05) is 44.2 Å². The quantitative estimate of drug-likeness (QED) is 0.507. The number of hydrogen-bond acceptors (Lipinski definition) is 4. The van der Waals surface area contributed by atoms with Gasteiger partial charge in [-0.1, -0.05) is 25.1 Å². The molecule has 7 heteroatoms. The van der Waals surface area contributed by atoms with E-state index in [9.17, 15) is 13.2 Å². The monoisotopic (exact) mass is 392 g/mol. The predicted molar refractivity (Wildman–Crippen MR) is 106 cm³/mol. The molecule has 0 radical (unpaired) electrons. The number of thioether (sulfide) groups is 1. The second-order valence-corrected chi connectivity index (χ2v) is 8.75. The van der Waals surface area contributed by atoms with Crippen molar-refractivity contribution in [3.63, 3.8) is 0 Å². The zero-order valence-corrected chi connectivity index (χ0v) is 16.6. The highest BCUT2D eigenvalue weighted by Gasteiger charge is 2.17. The Morgan fingerprint density at radius 3 is 2.35 bits per heavy atom. The summed E-state index contributed by atoms with van der Waals surface area (Å²) in [4.78, 5) is 13.5. The highest BCUT2D eigenvalue weighted by Crippen LogP contribution is 2.16. The molecule has 1 atom stereocenters. The van der Waals surface area contributed by atoms with Gasteiger partial charge >= 0.3 is 0 Å². The Kier molecular flexibility index (Phi) is 7.68. The number of sulfonamides is 1. The standard InChI is InChI=1S/C19H24N2O3S2/c1-3-15(2)21-26(23,24)18-11-9-16(10-12-18)19(22)20-13-14-25-17-7-5-4-6-8-17/h4-12,15,21H,3,13-14H2,1-2H3,(H,20,22)/t15-/m0/s1. The van der Waals surface area contributed by atoms with Crippen LogP contribution in [0.3, 0.4) is 0 Å². The predicted octanol–water partition coefficient (Wildman–Crippen LogP) is 3.29. The minimum absolute atomic E-state index is 0.134. The van der Waals surface area contributed by atoms with Crippen molar-refractivity contribution in [2.45, 2.75) is 36.1 Å². The molecule has 0 saturated heterocycles. The third kappa shape index (κ3) is 6.16. The van der Waals surface area contributed by atoms with E-state index in [2.05, 4.69) is 10.0 Å². The van der Waals surface area contributed by atoms with Crippen LogP contribution in [0.2, 0.25) is 0 Å². The smallest absolute Gasteiger partial charge is 0.251 e. The van der Waals surface area contributed by atoms with Gasteiger partial charge in [-0.3, -0.25) is 4.79 Å². The zero-order valence-electron chi connectivity index (χ0n) is 14.9. The lowest BCUT2D eigenvalue weighted by Crippen LogP contribution is -2.32. The largest absolute Gasteiger partial charge is 0.351 e. The Bertz CT molecular complexity index is 806. The normalized spacial score (nSPS) is 12.5. The molecule has 0 aliphatic carbocycles. The summed E-state index contributed by atoms with van der Waals surface area (Å²) < 4.78 is 27.0. The first-order valence-electron chi connectivity index (χ1n) is 8.51. The number of benzene rings is 2. The Labute approximate surface area is 159 Å². The first-order valence-corrected chi connectivity index (χ1v) is 11.0. The summed E-state index contributed by atoms with van der Waals surface area (Å²) in [6.07, 6.45) is 0.709. The maximum atomic E-state index is 12.2. The zero-order chi connectivity index (χ0) is 19.0. The topological polar surface area (TPSA) is 75.3 Å². The van der Waals surface area contributed by atoms with Gasteiger partial charge in [0.25, 0.3) is 5.91 Å². The molecule has 5 nitrogen and oxygen atoms in total. The number of carbonyl (C=O) groups excluding carboxylic acids is 1. The lowest BCUT2D eigenvalue weighted by Gasteiger charge is -2.12. The average Bonchev–Trinajstić information content (AvgIpc) is 2.65. The maximum absolute atomic E-state index is 12.2. The molecule has 0 aromatic heterocycles. The molecule has 0 bridgehead atoms. The Morgan fingerprint density at radius 2 is 1.73 bits per heavy atom. The van der Waals surface area contributed by atoms with Crippen LogP contribution >= 0.6 is 11.8 Å². The van der Waals surface area contributed by atoms with Crippen molar-refractivity contribution in [3.8, 4) is 0 Å². The number of amides is 1. The van der Waals surface area contributed by atoms with Gasteiger partial charge in [0.1, 0.15) is 0 Å². The molecule has 0 aliphatic heterocycles. The van der Waals surface area contributed by atoms with Gasteiger partial charge in [-0.25, -0.2) is 13.1 Å². The summed E-state index contributed by atoms with van der Waals surface area (Å²) in [7, 11) is -3.55. The van der Waals surface area contributed by atoms with E-state index in [1.165, 1.54) is 24.3 Å². The SMILES string of the molecule is CC[C@H](C)NS(=O)(=O)c1ccc(C(=O)NCCSc2ccccc2)cc1. The van der Waals surface area contributed by atoms with Crippen LogP contribution in [0.15, 0.2) is 64.4 Å². The number of nitrogens with one attached hydrogen (secondary N) is 2. The van der Waals surface area contributed by atoms with Crippen LogP contribution in [0, 0.1) is 0 Å². The Hall–Kier alpha value is -1.83. The number of rotatable bonds is 9. The van der Waals surface area contributed by atoms with E-state index >= 15 is 0 Å². The van der Waals surface area contributed by atoms with E-state index in [0.717, 1.165) is 10.6 Å². The summed E-state index contributed by atoms with van der Waals surface area (Å²) in [5, 5.41) is 2.84. The molecule has 0 aliphatic rings. The van der Waals surface area contributed by atoms with Crippen molar-refractivity contribution in [2.24, 2.45) is 0 Å². The molecule has 140 valence electrons. The fraction of sp³-hybridized carbons (Fsp3) is 0.316. The maximum Gasteiger partial charge on any atom is 0.251 e. The van der Waals surface area contributed by atoms with E-state index in [-0.39, 0.29) is 16.8 Å². The molecule has 2 rings (SSSR count). The van der Waals surface area contributed by atoms with Crippen LogP contribution < -0.4 is 10.0 Å². The van der Waals surface area contributed by atoms with Crippen molar-refractivity contribution in [3.05, 3.63) is 60.2 Å². The molecular formula is C19H24N2O3S2. The first-order chi connectivity index (χ1) is 12.4. The molecule has 2 N–H and O–H groups in total. The molecule has 2 aromatic carbocycles. The van der Waals surface area contributed by atoms with Gasteiger partial charge in [0.2, 0.25) is 10.0 Å². The van der Waals surface area contributed by atoms with Gasteiger partial charge in [0, 0.05) is 28.8 Å². The number of carbonyl (C=O) groups is 1. The van der Waals surface area contributed by atoms with Gasteiger partial charge in [-0.05, 0) is 49.7 Å². The van der Waals surface area contributed by atoms with Crippen LogP contribution in [0.1, 0.15) is 30.6 Å². The lowest BCUT2D eigenvalue weighted by molar-refractivity contribution is 0.0956. The molecule has 0 heterocycles. The molecule has 2 aromatic rings. The summed E-state index contributed by atoms with van der Waals surface area (Å²) in [6, 6.07) is 15.8. The van der Waals surface area contributed by atoms with Gasteiger partial charge in [-0.2, -0.15) is 0 Å². The summed E-state index contributed by atoms with van der Waals surface area (Å²) >= 11 is 1.67. The second kappa shape index (κ2) is 9.75. The van der Waals surface area contributed by atoms with Gasteiger partial charge in [-0.15, -0.1) is 11.8 Å². The third-order valence-corrected chi connectivity index (χ3v) is 6.41. The average molecular weight is 393 g/mol. The van der Waals surface area contributed by atoms with Gasteiger partial charge < -0.3 is 5.32 Å². The summed E-state index contributed by atoms with van der Waals surface area (Å²) in [5.41, 5.74) is 0.442. The molecule has 0 unspecified atom stereocenters. The van der Waals surface area contributed by atoms with Gasteiger partial charge in [0.15, 0.2) is 0 Å². The van der Waals surface area contributed by atoms with Crippen LogP contribution in [0.25, 0.3) is 0 Å². The van der Waals surface area contributed by atoms with Crippen LogP contribution in [-0.4, -0.2) is 32.7 Å². The highest BCUT2D eigenvalue weighted by molar-refractivity contribution is 7.99. The Morgan fingerprint density at radius 1 is 1.08 bits per heavy atom. The molecule has 0 spiro atoms. The van der Waals surface area contributed by atoms with Crippen molar-refractivity contribution >= 4 is 27.7 Å². The molecule has 0 saturated carbocycles. The van der Waals surface area contributed by atoms with E-state index < -0.39 is 10.0 Å². The highest BCUT2D eigenvalue weighted by atomic mass is 32.2. The molecular weight excluding hydrogens is 368 g/mol. The van der Waals surface area contributed by atoms with E-state index in [1.54, 1.807) is 11.8 Å². The van der Waals surface area contributed by atoms with Crippen molar-refractivity contribution in [1.29, 1.82) is 0 Å². The Balaban J connectivity index is 1.86.